The van der Waals surface area contributed by atoms with E-state index in [0.717, 1.165) is 22.2 Å². The highest BCUT2D eigenvalue weighted by molar-refractivity contribution is 7.14. The fourth-order valence-electron chi connectivity index (χ4n) is 3.21. The number of ether oxygens (including phenoxy) is 1. The van der Waals surface area contributed by atoms with E-state index in [4.69, 9.17) is 9.15 Å². The zero-order valence-corrected chi connectivity index (χ0v) is 17.7. The number of hydrogen-bond acceptors (Lipinski definition) is 6. The third-order valence-corrected chi connectivity index (χ3v) is 5.49. The molecule has 0 N–H and O–H groups in total. The second kappa shape index (κ2) is 8.12. The van der Waals surface area contributed by atoms with Crippen molar-refractivity contribution in [3.8, 4) is 5.75 Å². The number of hydrogen-bond donors (Lipinski definition) is 0. The number of carbonyl (C=O) groups excluding carboxylic acids is 1. The number of aryl methyl sites for hydroxylation is 2. The van der Waals surface area contributed by atoms with Crippen LogP contribution in [0.5, 0.6) is 5.75 Å². The molecule has 2 aromatic heterocycles. The SMILES string of the molecule is CC(=O)N(c1cccc(C)c1)c1nc(COc2ccc3c(C)cc(=O)oc3c2)cs1. The number of anilines is 2. The Hall–Kier alpha value is -3.45. The van der Waals surface area contributed by atoms with Gasteiger partial charge in [0.25, 0.3) is 0 Å². The molecule has 0 saturated heterocycles. The molecule has 0 unspecified atom stereocenters. The lowest BCUT2D eigenvalue weighted by atomic mass is 10.1. The Balaban J connectivity index is 1.54. The van der Waals surface area contributed by atoms with Gasteiger partial charge in [-0.25, -0.2) is 9.78 Å². The predicted molar refractivity (Wildman–Crippen MR) is 118 cm³/mol. The van der Waals surface area contributed by atoms with Gasteiger partial charge in [0.1, 0.15) is 17.9 Å². The van der Waals surface area contributed by atoms with E-state index in [9.17, 15) is 9.59 Å². The Morgan fingerprint density at radius 3 is 2.77 bits per heavy atom. The standard InChI is InChI=1S/C23H20N2O4S/c1-14-5-4-6-18(9-14)25(16(3)26)23-24-17(13-30-23)12-28-19-7-8-20-15(2)10-22(27)29-21(20)11-19/h4-11,13H,12H2,1-3H3. The van der Waals surface area contributed by atoms with Crippen LogP contribution in [0.1, 0.15) is 23.7 Å². The molecular formula is C23H20N2O4S. The van der Waals surface area contributed by atoms with Crippen molar-refractivity contribution in [3.05, 3.63) is 81.2 Å². The molecule has 0 radical (unpaired) electrons. The minimum absolute atomic E-state index is 0.109. The molecule has 30 heavy (non-hydrogen) atoms. The molecule has 2 aromatic carbocycles. The third kappa shape index (κ3) is 4.11. The first-order chi connectivity index (χ1) is 14.4. The number of nitrogens with zero attached hydrogens (tertiary/aromatic N) is 2. The molecule has 152 valence electrons. The molecular weight excluding hydrogens is 400 g/mol. The first-order valence-corrected chi connectivity index (χ1v) is 10.3. The van der Waals surface area contributed by atoms with E-state index in [1.165, 1.54) is 24.3 Å². The van der Waals surface area contributed by atoms with Crippen LogP contribution in [0, 0.1) is 13.8 Å². The summed E-state index contributed by atoms with van der Waals surface area (Å²) in [5, 5.41) is 3.33. The van der Waals surface area contributed by atoms with Gasteiger partial charge in [-0.3, -0.25) is 9.69 Å². The van der Waals surface area contributed by atoms with E-state index in [0.29, 0.717) is 22.2 Å². The zero-order valence-electron chi connectivity index (χ0n) is 16.8. The molecule has 4 rings (SSSR count). The molecule has 0 aliphatic heterocycles. The minimum Gasteiger partial charge on any atom is -0.487 e. The highest BCUT2D eigenvalue weighted by Gasteiger charge is 2.18. The quantitative estimate of drug-likeness (QED) is 0.419. The Morgan fingerprint density at radius 1 is 1.17 bits per heavy atom. The molecule has 6 nitrogen and oxygen atoms in total. The van der Waals surface area contributed by atoms with Crippen molar-refractivity contribution in [1.29, 1.82) is 0 Å². The predicted octanol–water partition coefficient (Wildman–Crippen LogP) is 5.13. The molecule has 0 fully saturated rings. The maximum Gasteiger partial charge on any atom is 0.336 e. The van der Waals surface area contributed by atoms with E-state index in [1.807, 2.05) is 55.6 Å². The number of amides is 1. The Bertz CT molecular complexity index is 1290. The average molecular weight is 420 g/mol. The second-order valence-corrected chi connectivity index (χ2v) is 7.85. The summed E-state index contributed by atoms with van der Waals surface area (Å²) in [6.45, 7) is 5.60. The van der Waals surface area contributed by atoms with Crippen LogP contribution in [0.15, 0.2) is 63.1 Å². The van der Waals surface area contributed by atoms with Crippen LogP contribution in [-0.4, -0.2) is 10.9 Å². The highest BCUT2D eigenvalue weighted by Crippen LogP contribution is 2.30. The van der Waals surface area contributed by atoms with Gasteiger partial charge in [0, 0.05) is 29.8 Å². The van der Waals surface area contributed by atoms with Crippen LogP contribution in [0.3, 0.4) is 0 Å². The number of benzene rings is 2. The van der Waals surface area contributed by atoms with Crippen LogP contribution in [0.2, 0.25) is 0 Å². The first-order valence-electron chi connectivity index (χ1n) is 9.40. The summed E-state index contributed by atoms with van der Waals surface area (Å²) >= 11 is 1.38. The van der Waals surface area contributed by atoms with Gasteiger partial charge in [0.05, 0.1) is 11.4 Å². The summed E-state index contributed by atoms with van der Waals surface area (Å²) in [5.41, 5.74) is 3.51. The van der Waals surface area contributed by atoms with Gasteiger partial charge in [0.15, 0.2) is 5.13 Å². The lowest BCUT2D eigenvalue weighted by Gasteiger charge is -2.18. The van der Waals surface area contributed by atoms with Crippen molar-refractivity contribution < 1.29 is 13.9 Å². The van der Waals surface area contributed by atoms with Gasteiger partial charge in [-0.05, 0) is 49.2 Å². The third-order valence-electron chi connectivity index (χ3n) is 4.62. The first kappa shape index (κ1) is 19.8. The molecule has 0 spiro atoms. The van der Waals surface area contributed by atoms with Crippen LogP contribution < -0.4 is 15.3 Å². The normalized spacial score (nSPS) is 10.9. The maximum atomic E-state index is 12.2. The second-order valence-electron chi connectivity index (χ2n) is 7.01. The van der Waals surface area contributed by atoms with Gasteiger partial charge in [-0.1, -0.05) is 12.1 Å². The summed E-state index contributed by atoms with van der Waals surface area (Å²) in [5.74, 6) is 0.468. The fourth-order valence-corrected chi connectivity index (χ4v) is 4.08. The van der Waals surface area contributed by atoms with Crippen LogP contribution in [-0.2, 0) is 11.4 Å². The number of thiazole rings is 1. The maximum absolute atomic E-state index is 12.2. The molecule has 0 saturated carbocycles. The zero-order chi connectivity index (χ0) is 21.3. The molecule has 1 amide bonds. The number of rotatable bonds is 5. The van der Waals surface area contributed by atoms with E-state index < -0.39 is 0 Å². The molecule has 0 aliphatic rings. The largest absolute Gasteiger partial charge is 0.487 e. The van der Waals surface area contributed by atoms with Gasteiger partial charge in [-0.2, -0.15) is 0 Å². The monoisotopic (exact) mass is 420 g/mol. The van der Waals surface area contributed by atoms with Gasteiger partial charge >= 0.3 is 5.63 Å². The van der Waals surface area contributed by atoms with Crippen molar-refractivity contribution >= 4 is 39.0 Å². The van der Waals surface area contributed by atoms with Gasteiger partial charge in [-0.15, -0.1) is 11.3 Å². The van der Waals surface area contributed by atoms with Gasteiger partial charge < -0.3 is 9.15 Å². The molecule has 0 bridgehead atoms. The summed E-state index contributed by atoms with van der Waals surface area (Å²) in [6.07, 6.45) is 0. The number of carbonyl (C=O) groups is 1. The van der Waals surface area contributed by atoms with Crippen LogP contribution >= 0.6 is 11.3 Å². The van der Waals surface area contributed by atoms with Crippen LogP contribution in [0.25, 0.3) is 11.0 Å². The van der Waals surface area contributed by atoms with E-state index in [2.05, 4.69) is 4.98 Å². The Morgan fingerprint density at radius 2 is 2.00 bits per heavy atom. The van der Waals surface area contributed by atoms with Crippen molar-refractivity contribution in [1.82, 2.24) is 4.98 Å². The topological polar surface area (TPSA) is 72.6 Å². The molecule has 7 heteroatoms. The van der Waals surface area contributed by atoms with Crippen molar-refractivity contribution in [2.75, 3.05) is 4.90 Å². The molecule has 0 aliphatic carbocycles. The Kier molecular flexibility index (Phi) is 5.37. The van der Waals surface area contributed by atoms with Crippen molar-refractivity contribution in [2.45, 2.75) is 27.4 Å². The fraction of sp³-hybridized carbons (Fsp3) is 0.174. The number of fused-ring (bicyclic) bond motifs is 1. The average Bonchev–Trinajstić information content (AvgIpc) is 3.14. The van der Waals surface area contributed by atoms with E-state index in [1.54, 1.807) is 11.0 Å². The molecule has 2 heterocycles. The van der Waals surface area contributed by atoms with Crippen molar-refractivity contribution in [3.63, 3.8) is 0 Å². The lowest BCUT2D eigenvalue weighted by molar-refractivity contribution is -0.115. The Labute approximate surface area is 177 Å². The van der Waals surface area contributed by atoms with Crippen LogP contribution in [0.4, 0.5) is 10.8 Å². The highest BCUT2D eigenvalue weighted by atomic mass is 32.1. The van der Waals surface area contributed by atoms with Crippen molar-refractivity contribution in [2.24, 2.45) is 0 Å². The molecule has 0 atom stereocenters. The summed E-state index contributed by atoms with van der Waals surface area (Å²) < 4.78 is 11.1. The summed E-state index contributed by atoms with van der Waals surface area (Å²) in [4.78, 5) is 30.0. The number of aromatic nitrogens is 1. The molecule has 4 aromatic rings. The smallest absolute Gasteiger partial charge is 0.336 e. The lowest BCUT2D eigenvalue weighted by Crippen LogP contribution is -2.22. The summed E-state index contributed by atoms with van der Waals surface area (Å²) in [7, 11) is 0. The summed E-state index contributed by atoms with van der Waals surface area (Å²) in [6, 6.07) is 14.6. The van der Waals surface area contributed by atoms with Gasteiger partial charge in [0.2, 0.25) is 5.91 Å². The van der Waals surface area contributed by atoms with E-state index >= 15 is 0 Å². The minimum atomic E-state index is -0.387. The van der Waals surface area contributed by atoms with E-state index in [-0.39, 0.29) is 18.1 Å².